The molecule has 0 spiro atoms. The quantitative estimate of drug-likeness (QED) is 0.283. The van der Waals surface area contributed by atoms with E-state index in [1.807, 2.05) is 36.1 Å². The molecule has 196 valence electrons. The number of ether oxygens (including phenoxy) is 1. The number of benzene rings is 1. The van der Waals surface area contributed by atoms with Crippen LogP contribution >= 0.6 is 0 Å². The van der Waals surface area contributed by atoms with Gasteiger partial charge in [0.25, 0.3) is 0 Å². The third-order valence-corrected chi connectivity index (χ3v) is 7.01. The van der Waals surface area contributed by atoms with E-state index in [0.29, 0.717) is 12.2 Å². The summed E-state index contributed by atoms with van der Waals surface area (Å²) < 4.78 is 22.2. The number of aromatic nitrogens is 5. The molecular weight excluding hydrogens is 481 g/mol. The predicted molar refractivity (Wildman–Crippen MR) is 144 cm³/mol. The molecule has 1 N–H and O–H groups in total. The van der Waals surface area contributed by atoms with E-state index in [2.05, 4.69) is 37.6 Å². The van der Waals surface area contributed by atoms with Gasteiger partial charge in [-0.05, 0) is 56.4 Å². The smallest absolute Gasteiger partial charge is 0.141 e. The number of nitrogens with one attached hydrogen (secondary N) is 1. The van der Waals surface area contributed by atoms with E-state index in [-0.39, 0.29) is 18.0 Å². The zero-order chi connectivity index (χ0) is 26.5. The highest BCUT2D eigenvalue weighted by Crippen LogP contribution is 2.27. The largest absolute Gasteiger partial charge is 0.490 e. The van der Waals surface area contributed by atoms with Crippen LogP contribution in [0.5, 0.6) is 5.75 Å². The monoisotopic (exact) mass is 513 g/mol. The highest BCUT2D eigenvalue weighted by Gasteiger charge is 2.24. The first kappa shape index (κ1) is 25.6. The Morgan fingerprint density at radius 3 is 2.92 bits per heavy atom. The molecule has 1 aliphatic rings. The maximum absolute atomic E-state index is 14.2. The lowest BCUT2D eigenvalue weighted by molar-refractivity contribution is 0.0909. The lowest BCUT2D eigenvalue weighted by atomic mass is 10.0. The number of aromatic amines is 1. The Balaban J connectivity index is 1.19. The second kappa shape index (κ2) is 11.6. The molecule has 5 rings (SSSR count). The van der Waals surface area contributed by atoms with Gasteiger partial charge in [-0.25, -0.2) is 14.4 Å². The van der Waals surface area contributed by atoms with Crippen LogP contribution < -0.4 is 4.74 Å². The average Bonchev–Trinajstić information content (AvgIpc) is 3.58. The van der Waals surface area contributed by atoms with E-state index < -0.39 is 0 Å². The first-order chi connectivity index (χ1) is 18.5. The van der Waals surface area contributed by atoms with Crippen molar-refractivity contribution in [1.82, 2.24) is 29.6 Å². The van der Waals surface area contributed by atoms with E-state index >= 15 is 0 Å². The molecule has 9 heteroatoms. The number of nitriles is 1. The third kappa shape index (κ3) is 6.09. The number of aryl methyl sites for hydroxylation is 1. The average molecular weight is 514 g/mol. The standard InChI is InChI=1S/C29H32FN7O/c1-20(2)3-4-21-13-23(30)15-26(14-21)38-25-7-11-36(12-8-25)18-24(5-9-31)37-17-22(16-35-37)28-27-6-10-32-29(27)34-19-33-28/h6,10,13-17,19,24-25H,1,3-5,7-8,11-12,18H2,2H3,(H,32,33,34). The van der Waals surface area contributed by atoms with Crippen molar-refractivity contribution < 1.29 is 9.13 Å². The number of piperidine rings is 1. The molecular formula is C29H32FN7O. The topological polar surface area (TPSA) is 95.6 Å². The van der Waals surface area contributed by atoms with E-state index in [1.54, 1.807) is 12.3 Å². The van der Waals surface area contributed by atoms with Crippen LogP contribution in [0, 0.1) is 17.1 Å². The summed E-state index contributed by atoms with van der Waals surface area (Å²) in [6, 6.07) is 9.17. The van der Waals surface area contributed by atoms with Crippen LogP contribution in [0.15, 0.2) is 61.3 Å². The Morgan fingerprint density at radius 1 is 1.29 bits per heavy atom. The summed E-state index contributed by atoms with van der Waals surface area (Å²) in [5, 5.41) is 15.0. The molecule has 0 saturated carbocycles. The summed E-state index contributed by atoms with van der Waals surface area (Å²) in [6.07, 6.45) is 10.8. The van der Waals surface area contributed by atoms with Crippen LogP contribution in [0.3, 0.4) is 0 Å². The summed E-state index contributed by atoms with van der Waals surface area (Å²) in [5.74, 6) is 0.321. The number of nitrogens with zero attached hydrogens (tertiary/aromatic N) is 6. The van der Waals surface area contributed by atoms with Crippen molar-refractivity contribution in [2.45, 2.75) is 51.2 Å². The van der Waals surface area contributed by atoms with Crippen molar-refractivity contribution >= 4 is 11.0 Å². The normalized spacial score (nSPS) is 15.4. The maximum Gasteiger partial charge on any atom is 0.141 e. The number of H-pyrrole nitrogens is 1. The summed E-state index contributed by atoms with van der Waals surface area (Å²) in [7, 11) is 0. The van der Waals surface area contributed by atoms with Gasteiger partial charge in [-0.1, -0.05) is 5.57 Å². The van der Waals surface area contributed by atoms with Gasteiger partial charge in [0.1, 0.15) is 29.6 Å². The molecule has 0 aliphatic carbocycles. The first-order valence-electron chi connectivity index (χ1n) is 13.0. The fourth-order valence-electron chi connectivity index (χ4n) is 5.00. The number of hydrogen-bond acceptors (Lipinski definition) is 6. The van der Waals surface area contributed by atoms with E-state index in [0.717, 1.165) is 78.7 Å². The Hall–Kier alpha value is -4.03. The van der Waals surface area contributed by atoms with Crippen LogP contribution in [-0.2, 0) is 6.42 Å². The first-order valence-corrected chi connectivity index (χ1v) is 13.0. The van der Waals surface area contributed by atoms with Crippen LogP contribution in [0.4, 0.5) is 4.39 Å². The second-order valence-electron chi connectivity index (χ2n) is 10.1. The highest BCUT2D eigenvalue weighted by atomic mass is 19.1. The minimum Gasteiger partial charge on any atom is -0.490 e. The van der Waals surface area contributed by atoms with Gasteiger partial charge in [-0.2, -0.15) is 10.4 Å². The van der Waals surface area contributed by atoms with Gasteiger partial charge in [-0.3, -0.25) is 4.68 Å². The molecule has 1 fully saturated rings. The number of fused-ring (bicyclic) bond motifs is 1. The molecule has 0 bridgehead atoms. The summed E-state index contributed by atoms with van der Waals surface area (Å²) >= 11 is 0. The Kier molecular flexibility index (Phi) is 7.80. The molecule has 1 atom stereocenters. The molecule has 0 amide bonds. The Morgan fingerprint density at radius 2 is 2.13 bits per heavy atom. The summed E-state index contributed by atoms with van der Waals surface area (Å²) in [5.41, 5.74) is 4.50. The molecule has 38 heavy (non-hydrogen) atoms. The van der Waals surface area contributed by atoms with E-state index in [1.165, 1.54) is 12.4 Å². The summed E-state index contributed by atoms with van der Waals surface area (Å²) in [4.78, 5) is 14.2. The van der Waals surface area contributed by atoms with Crippen LogP contribution in [0.1, 0.15) is 44.2 Å². The number of rotatable bonds is 10. The van der Waals surface area contributed by atoms with Crippen molar-refractivity contribution in [3.63, 3.8) is 0 Å². The molecule has 4 heterocycles. The molecule has 3 aromatic heterocycles. The molecule has 1 unspecified atom stereocenters. The molecule has 0 radical (unpaired) electrons. The van der Waals surface area contributed by atoms with E-state index in [4.69, 9.17) is 4.74 Å². The van der Waals surface area contributed by atoms with Crippen LogP contribution in [0.25, 0.3) is 22.3 Å². The van der Waals surface area contributed by atoms with E-state index in [9.17, 15) is 9.65 Å². The maximum atomic E-state index is 14.2. The van der Waals surface area contributed by atoms with Gasteiger partial charge >= 0.3 is 0 Å². The SMILES string of the molecule is C=C(C)CCc1cc(F)cc(OC2CCN(CC(CC#N)n3cc(-c4ncnc5[nH]ccc45)cn3)CC2)c1. The summed E-state index contributed by atoms with van der Waals surface area (Å²) in [6.45, 7) is 8.32. The second-order valence-corrected chi connectivity index (χ2v) is 10.1. The van der Waals surface area contributed by atoms with Gasteiger partial charge in [0.2, 0.25) is 0 Å². The number of likely N-dealkylation sites (tertiary alicyclic amines) is 1. The number of hydrogen-bond donors (Lipinski definition) is 1. The van der Waals surface area contributed by atoms with Gasteiger partial charge in [-0.15, -0.1) is 6.58 Å². The van der Waals surface area contributed by atoms with Crippen molar-refractivity contribution in [1.29, 1.82) is 5.26 Å². The van der Waals surface area contributed by atoms with Crippen molar-refractivity contribution in [3.8, 4) is 23.1 Å². The molecule has 8 nitrogen and oxygen atoms in total. The zero-order valence-corrected chi connectivity index (χ0v) is 21.6. The minimum absolute atomic E-state index is 0.0364. The van der Waals surface area contributed by atoms with Crippen molar-refractivity contribution in [3.05, 3.63) is 72.7 Å². The predicted octanol–water partition coefficient (Wildman–Crippen LogP) is 5.47. The fraction of sp³-hybridized carbons (Fsp3) is 0.379. The lowest BCUT2D eigenvalue weighted by Gasteiger charge is -2.34. The molecule has 1 aliphatic heterocycles. The number of allylic oxidation sites excluding steroid dienone is 1. The van der Waals surface area contributed by atoms with Crippen LogP contribution in [0.2, 0.25) is 0 Å². The zero-order valence-electron chi connectivity index (χ0n) is 21.6. The van der Waals surface area contributed by atoms with Gasteiger partial charge in [0.05, 0.1) is 30.4 Å². The third-order valence-electron chi connectivity index (χ3n) is 7.01. The minimum atomic E-state index is -0.270. The van der Waals surface area contributed by atoms with Gasteiger partial charge < -0.3 is 14.6 Å². The lowest BCUT2D eigenvalue weighted by Crippen LogP contribution is -2.41. The molecule has 4 aromatic rings. The number of halogens is 1. The molecule has 1 aromatic carbocycles. The highest BCUT2D eigenvalue weighted by molar-refractivity contribution is 5.89. The van der Waals surface area contributed by atoms with Crippen molar-refractivity contribution in [2.75, 3.05) is 19.6 Å². The van der Waals surface area contributed by atoms with Crippen molar-refractivity contribution in [2.24, 2.45) is 0 Å². The van der Waals surface area contributed by atoms with Gasteiger partial charge in [0, 0.05) is 49.0 Å². The Labute approximate surface area is 221 Å². The Bertz CT molecular complexity index is 1440. The molecule has 1 saturated heterocycles. The van der Waals surface area contributed by atoms with Crippen LogP contribution in [-0.4, -0.2) is 55.4 Å². The fourth-order valence-corrected chi connectivity index (χ4v) is 5.00. The van der Waals surface area contributed by atoms with Gasteiger partial charge in [0.15, 0.2) is 0 Å².